The summed E-state index contributed by atoms with van der Waals surface area (Å²) >= 11 is 3.55. The molecule has 0 unspecified atom stereocenters. The maximum Gasteiger partial charge on any atom is 0.404 e. The molecule has 0 fully saturated rings. The molecule has 0 aliphatic carbocycles. The molecule has 3 rings (SSSR count). The standard InChI is InChI=1S/C21H21BrN2O2/c1-13(2)10-19-17(12-23-21(25)26)20(14-6-4-3-5-7-14)16-11-15(22)8-9-18(16)24-19/h3-9,11,13,23H,10,12H2,1-2H3,(H,25,26). The van der Waals surface area contributed by atoms with Crippen LogP contribution >= 0.6 is 15.9 Å². The predicted molar refractivity (Wildman–Crippen MR) is 108 cm³/mol. The molecule has 134 valence electrons. The van der Waals surface area contributed by atoms with Crippen molar-refractivity contribution in [3.63, 3.8) is 0 Å². The number of benzene rings is 2. The molecule has 0 radical (unpaired) electrons. The third-order valence-corrected chi connectivity index (χ3v) is 4.71. The third-order valence-electron chi connectivity index (χ3n) is 4.21. The number of aromatic nitrogens is 1. The number of pyridine rings is 1. The number of nitrogens with zero attached hydrogens (tertiary/aromatic N) is 1. The van der Waals surface area contributed by atoms with E-state index in [1.807, 2.05) is 36.4 Å². The van der Waals surface area contributed by atoms with E-state index in [0.717, 1.165) is 44.2 Å². The fraction of sp³-hybridized carbons (Fsp3) is 0.238. The van der Waals surface area contributed by atoms with Crippen LogP contribution in [0.1, 0.15) is 25.1 Å². The van der Waals surface area contributed by atoms with Crippen LogP contribution in [0, 0.1) is 5.92 Å². The maximum atomic E-state index is 11.1. The van der Waals surface area contributed by atoms with Crippen LogP contribution in [0.4, 0.5) is 4.79 Å². The average Bonchev–Trinajstić information content (AvgIpc) is 2.60. The summed E-state index contributed by atoms with van der Waals surface area (Å²) in [6.45, 7) is 4.52. The zero-order valence-corrected chi connectivity index (χ0v) is 16.4. The van der Waals surface area contributed by atoms with Gasteiger partial charge in [-0.25, -0.2) is 4.79 Å². The molecule has 3 aromatic rings. The van der Waals surface area contributed by atoms with E-state index in [1.54, 1.807) is 0 Å². The first-order valence-corrected chi connectivity index (χ1v) is 9.38. The van der Waals surface area contributed by atoms with E-state index in [4.69, 9.17) is 10.1 Å². The molecule has 0 bridgehead atoms. The maximum absolute atomic E-state index is 11.1. The van der Waals surface area contributed by atoms with Gasteiger partial charge in [-0.05, 0) is 41.7 Å². The van der Waals surface area contributed by atoms with E-state index < -0.39 is 6.09 Å². The minimum Gasteiger partial charge on any atom is -0.465 e. The number of carboxylic acid groups (broad SMARTS) is 1. The summed E-state index contributed by atoms with van der Waals surface area (Å²) in [4.78, 5) is 16.0. The average molecular weight is 413 g/mol. The topological polar surface area (TPSA) is 62.2 Å². The van der Waals surface area contributed by atoms with Crippen molar-refractivity contribution in [1.29, 1.82) is 0 Å². The van der Waals surface area contributed by atoms with Gasteiger partial charge in [-0.2, -0.15) is 0 Å². The van der Waals surface area contributed by atoms with Crippen LogP contribution < -0.4 is 5.32 Å². The lowest BCUT2D eigenvalue weighted by atomic mass is 9.91. The van der Waals surface area contributed by atoms with Gasteiger partial charge in [0, 0.05) is 27.7 Å². The molecule has 2 aromatic carbocycles. The van der Waals surface area contributed by atoms with Gasteiger partial charge < -0.3 is 10.4 Å². The first-order chi connectivity index (χ1) is 12.5. The van der Waals surface area contributed by atoms with Crippen molar-refractivity contribution in [3.05, 3.63) is 64.3 Å². The Kier molecular flexibility index (Phi) is 5.57. The fourth-order valence-electron chi connectivity index (χ4n) is 3.17. The highest BCUT2D eigenvalue weighted by atomic mass is 79.9. The summed E-state index contributed by atoms with van der Waals surface area (Å²) < 4.78 is 0.970. The summed E-state index contributed by atoms with van der Waals surface area (Å²) in [6.07, 6.45) is -0.239. The van der Waals surface area contributed by atoms with Gasteiger partial charge in [0.15, 0.2) is 0 Å². The molecule has 2 N–H and O–H groups in total. The van der Waals surface area contributed by atoms with Gasteiger partial charge in [0.2, 0.25) is 0 Å². The lowest BCUT2D eigenvalue weighted by Crippen LogP contribution is -2.22. The van der Waals surface area contributed by atoms with E-state index in [1.165, 1.54) is 0 Å². The Morgan fingerprint density at radius 2 is 1.92 bits per heavy atom. The lowest BCUT2D eigenvalue weighted by molar-refractivity contribution is 0.194. The number of hydrogen-bond acceptors (Lipinski definition) is 2. The van der Waals surface area contributed by atoms with E-state index in [2.05, 4.69) is 47.2 Å². The molecular weight excluding hydrogens is 392 g/mol. The summed E-state index contributed by atoms with van der Waals surface area (Å²) in [7, 11) is 0. The molecule has 0 spiro atoms. The van der Waals surface area contributed by atoms with Crippen molar-refractivity contribution in [1.82, 2.24) is 10.3 Å². The van der Waals surface area contributed by atoms with Crippen molar-refractivity contribution in [2.24, 2.45) is 5.92 Å². The third kappa shape index (κ3) is 4.05. The van der Waals surface area contributed by atoms with Gasteiger partial charge in [-0.3, -0.25) is 4.98 Å². The van der Waals surface area contributed by atoms with Crippen LogP contribution in [0.2, 0.25) is 0 Å². The van der Waals surface area contributed by atoms with Crippen LogP contribution in [0.25, 0.3) is 22.0 Å². The van der Waals surface area contributed by atoms with Crippen LogP contribution in [-0.4, -0.2) is 16.2 Å². The highest BCUT2D eigenvalue weighted by molar-refractivity contribution is 9.10. The molecule has 1 amide bonds. The SMILES string of the molecule is CC(C)Cc1nc2ccc(Br)cc2c(-c2ccccc2)c1CNC(=O)O. The summed E-state index contributed by atoms with van der Waals surface area (Å²) in [5, 5.41) is 12.7. The molecule has 4 nitrogen and oxygen atoms in total. The Balaban J connectivity index is 2.33. The largest absolute Gasteiger partial charge is 0.465 e. The molecular formula is C21H21BrN2O2. The van der Waals surface area contributed by atoms with Crippen LogP contribution in [0.5, 0.6) is 0 Å². The Morgan fingerprint density at radius 3 is 2.58 bits per heavy atom. The zero-order chi connectivity index (χ0) is 18.7. The van der Waals surface area contributed by atoms with Crippen molar-refractivity contribution >= 4 is 32.9 Å². The molecule has 0 aliphatic rings. The van der Waals surface area contributed by atoms with Crippen molar-refractivity contribution in [3.8, 4) is 11.1 Å². The molecule has 0 saturated heterocycles. The molecule has 0 aliphatic heterocycles. The number of fused-ring (bicyclic) bond motifs is 1. The first-order valence-electron chi connectivity index (χ1n) is 8.59. The summed E-state index contributed by atoms with van der Waals surface area (Å²) in [5.41, 5.74) is 4.91. The van der Waals surface area contributed by atoms with Gasteiger partial charge in [0.05, 0.1) is 5.52 Å². The highest BCUT2D eigenvalue weighted by Crippen LogP contribution is 2.35. The van der Waals surface area contributed by atoms with Crippen LogP contribution in [0.3, 0.4) is 0 Å². The number of amides is 1. The second kappa shape index (κ2) is 7.87. The summed E-state index contributed by atoms with van der Waals surface area (Å²) in [6, 6.07) is 16.1. The van der Waals surface area contributed by atoms with Crippen molar-refractivity contribution in [2.45, 2.75) is 26.8 Å². The van der Waals surface area contributed by atoms with E-state index in [0.29, 0.717) is 5.92 Å². The second-order valence-electron chi connectivity index (χ2n) is 6.70. The molecule has 1 heterocycles. The number of carbonyl (C=O) groups is 1. The number of rotatable bonds is 5. The molecule has 5 heteroatoms. The quantitative estimate of drug-likeness (QED) is 0.570. The Bertz CT molecular complexity index is 940. The number of hydrogen-bond donors (Lipinski definition) is 2. The Hall–Kier alpha value is -2.40. The van der Waals surface area contributed by atoms with Gasteiger partial charge >= 0.3 is 6.09 Å². The van der Waals surface area contributed by atoms with Crippen molar-refractivity contribution < 1.29 is 9.90 Å². The fourth-order valence-corrected chi connectivity index (χ4v) is 3.53. The predicted octanol–water partition coefficient (Wildman–Crippen LogP) is 5.63. The Labute approximate surface area is 161 Å². The molecule has 1 aromatic heterocycles. The van der Waals surface area contributed by atoms with Gasteiger partial charge in [0.1, 0.15) is 0 Å². The molecule has 0 atom stereocenters. The zero-order valence-electron chi connectivity index (χ0n) is 14.8. The van der Waals surface area contributed by atoms with Crippen LogP contribution in [-0.2, 0) is 13.0 Å². The second-order valence-corrected chi connectivity index (χ2v) is 7.61. The Morgan fingerprint density at radius 1 is 1.19 bits per heavy atom. The van der Waals surface area contributed by atoms with E-state index >= 15 is 0 Å². The normalized spacial score (nSPS) is 11.1. The lowest BCUT2D eigenvalue weighted by Gasteiger charge is -2.19. The smallest absolute Gasteiger partial charge is 0.404 e. The molecule has 26 heavy (non-hydrogen) atoms. The minimum atomic E-state index is -1.03. The highest BCUT2D eigenvalue weighted by Gasteiger charge is 2.18. The van der Waals surface area contributed by atoms with E-state index in [-0.39, 0.29) is 6.54 Å². The van der Waals surface area contributed by atoms with Crippen LogP contribution in [0.15, 0.2) is 53.0 Å². The minimum absolute atomic E-state index is 0.233. The van der Waals surface area contributed by atoms with E-state index in [9.17, 15) is 4.79 Å². The number of nitrogens with one attached hydrogen (secondary N) is 1. The van der Waals surface area contributed by atoms with Gasteiger partial charge in [0.25, 0.3) is 0 Å². The monoisotopic (exact) mass is 412 g/mol. The van der Waals surface area contributed by atoms with Crippen molar-refractivity contribution in [2.75, 3.05) is 0 Å². The summed E-state index contributed by atoms with van der Waals surface area (Å²) in [5.74, 6) is 0.419. The van der Waals surface area contributed by atoms with Gasteiger partial charge in [-0.15, -0.1) is 0 Å². The molecule has 0 saturated carbocycles. The number of halogens is 1. The first kappa shape index (κ1) is 18.4. The van der Waals surface area contributed by atoms with Gasteiger partial charge in [-0.1, -0.05) is 60.1 Å².